The van der Waals surface area contributed by atoms with E-state index in [2.05, 4.69) is 21.2 Å². The average Bonchev–Trinajstić information content (AvgIpc) is 2.31. The predicted molar refractivity (Wildman–Crippen MR) is 76.9 cm³/mol. The summed E-state index contributed by atoms with van der Waals surface area (Å²) in [6.45, 7) is 2.19. The summed E-state index contributed by atoms with van der Waals surface area (Å²) in [6, 6.07) is 5.34. The number of primary amides is 1. The van der Waals surface area contributed by atoms with Crippen LogP contribution in [0.2, 0.25) is 5.02 Å². The summed E-state index contributed by atoms with van der Waals surface area (Å²) in [7, 11) is 1.58. The van der Waals surface area contributed by atoms with Crippen LogP contribution in [-0.4, -0.2) is 25.2 Å². The molecule has 0 heterocycles. The smallest absolute Gasteiger partial charge is 0.242 e. The van der Waals surface area contributed by atoms with Crippen molar-refractivity contribution in [2.24, 2.45) is 5.73 Å². The highest BCUT2D eigenvalue weighted by Crippen LogP contribution is 2.27. The molecule has 3 N–H and O–H groups in total. The number of carbonyl (C=O) groups is 1. The minimum atomic E-state index is -0.858. The van der Waals surface area contributed by atoms with Crippen LogP contribution in [0.25, 0.3) is 0 Å². The van der Waals surface area contributed by atoms with Crippen molar-refractivity contribution in [1.82, 2.24) is 0 Å². The summed E-state index contributed by atoms with van der Waals surface area (Å²) >= 11 is 9.24. The number of nitrogens with one attached hydrogen (secondary N) is 1. The highest BCUT2D eigenvalue weighted by Gasteiger charge is 2.30. The fourth-order valence-electron chi connectivity index (χ4n) is 1.45. The van der Waals surface area contributed by atoms with Gasteiger partial charge in [-0.15, -0.1) is 0 Å². The predicted octanol–water partition coefficient (Wildman–Crippen LogP) is 2.79. The summed E-state index contributed by atoms with van der Waals surface area (Å²) in [5.74, 6) is -0.425. The first-order valence-corrected chi connectivity index (χ1v) is 6.58. The van der Waals surface area contributed by atoms with Gasteiger partial charge in [0, 0.05) is 30.3 Å². The number of amides is 1. The number of hydrogen-bond donors (Lipinski definition) is 2. The first-order valence-electron chi connectivity index (χ1n) is 5.41. The number of nitrogens with two attached hydrogens (primary N) is 1. The highest BCUT2D eigenvalue weighted by atomic mass is 79.9. The molecule has 1 aromatic carbocycles. The number of rotatable bonds is 6. The Morgan fingerprint density at radius 2 is 2.28 bits per heavy atom. The van der Waals surface area contributed by atoms with E-state index in [1.165, 1.54) is 0 Å². The fourth-order valence-corrected chi connectivity index (χ4v) is 1.94. The van der Waals surface area contributed by atoms with E-state index in [4.69, 9.17) is 22.1 Å². The zero-order valence-electron chi connectivity index (χ0n) is 10.3. The van der Waals surface area contributed by atoms with Gasteiger partial charge in [0.25, 0.3) is 0 Å². The number of methoxy groups -OCH3 is 1. The molecule has 0 saturated carbocycles. The number of anilines is 1. The molecule has 4 nitrogen and oxygen atoms in total. The van der Waals surface area contributed by atoms with Gasteiger partial charge >= 0.3 is 0 Å². The van der Waals surface area contributed by atoms with E-state index in [9.17, 15) is 4.79 Å². The Bertz CT molecular complexity index is 442. The molecule has 1 amide bonds. The standard InChI is InChI=1S/C12H16BrClN2O2/c1-12(11(15)17,5-6-18-2)16-8-3-4-10(14)9(13)7-8/h3-4,7,16H,5-6H2,1-2H3,(H2,15,17). The maximum Gasteiger partial charge on any atom is 0.242 e. The summed E-state index contributed by atoms with van der Waals surface area (Å²) in [4.78, 5) is 11.5. The van der Waals surface area contributed by atoms with E-state index < -0.39 is 11.4 Å². The van der Waals surface area contributed by atoms with Crippen molar-refractivity contribution >= 4 is 39.1 Å². The van der Waals surface area contributed by atoms with Crippen LogP contribution < -0.4 is 11.1 Å². The second-order valence-corrected chi connectivity index (χ2v) is 5.45. The Kier molecular flexibility index (Phi) is 5.44. The van der Waals surface area contributed by atoms with Crippen LogP contribution in [0.3, 0.4) is 0 Å². The van der Waals surface area contributed by atoms with Crippen LogP contribution in [0.1, 0.15) is 13.3 Å². The summed E-state index contributed by atoms with van der Waals surface area (Å²) in [5.41, 5.74) is 5.34. The Morgan fingerprint density at radius 1 is 1.61 bits per heavy atom. The van der Waals surface area contributed by atoms with Gasteiger partial charge < -0.3 is 15.8 Å². The Balaban J connectivity index is 2.89. The van der Waals surface area contributed by atoms with Gasteiger partial charge in [-0.25, -0.2) is 0 Å². The van der Waals surface area contributed by atoms with Gasteiger partial charge in [0.1, 0.15) is 5.54 Å². The van der Waals surface area contributed by atoms with E-state index in [0.29, 0.717) is 18.1 Å². The molecule has 0 spiro atoms. The third-order valence-electron chi connectivity index (χ3n) is 2.69. The molecule has 0 fully saturated rings. The minimum Gasteiger partial charge on any atom is -0.385 e. The Labute approximate surface area is 120 Å². The Hall–Kier alpha value is -0.780. The number of ether oxygens (including phenoxy) is 1. The molecule has 0 aliphatic carbocycles. The first-order chi connectivity index (χ1) is 8.39. The van der Waals surface area contributed by atoms with Crippen molar-refractivity contribution in [2.45, 2.75) is 18.9 Å². The third-order valence-corrected chi connectivity index (χ3v) is 3.90. The first kappa shape index (κ1) is 15.3. The monoisotopic (exact) mass is 334 g/mol. The van der Waals surface area contributed by atoms with Crippen LogP contribution in [0.4, 0.5) is 5.69 Å². The van der Waals surface area contributed by atoms with Crippen LogP contribution in [0.5, 0.6) is 0 Å². The molecular weight excluding hydrogens is 320 g/mol. The molecule has 1 unspecified atom stereocenters. The maximum absolute atomic E-state index is 11.5. The van der Waals surface area contributed by atoms with Crippen molar-refractivity contribution in [1.29, 1.82) is 0 Å². The van der Waals surface area contributed by atoms with Crippen LogP contribution in [0, 0.1) is 0 Å². The van der Waals surface area contributed by atoms with Crippen molar-refractivity contribution in [3.05, 3.63) is 27.7 Å². The van der Waals surface area contributed by atoms with Crippen molar-refractivity contribution < 1.29 is 9.53 Å². The van der Waals surface area contributed by atoms with Crippen molar-refractivity contribution in [3.8, 4) is 0 Å². The number of benzene rings is 1. The van der Waals surface area contributed by atoms with Crippen molar-refractivity contribution in [2.75, 3.05) is 19.0 Å². The zero-order chi connectivity index (χ0) is 13.8. The largest absolute Gasteiger partial charge is 0.385 e. The molecule has 100 valence electrons. The van der Waals surface area contributed by atoms with Crippen LogP contribution in [-0.2, 0) is 9.53 Å². The number of hydrogen-bond acceptors (Lipinski definition) is 3. The zero-order valence-corrected chi connectivity index (χ0v) is 12.6. The van der Waals surface area contributed by atoms with Crippen molar-refractivity contribution in [3.63, 3.8) is 0 Å². The molecule has 6 heteroatoms. The van der Waals surface area contributed by atoms with Gasteiger partial charge in [-0.05, 0) is 41.1 Å². The summed E-state index contributed by atoms with van der Waals surface area (Å²) in [5, 5.41) is 3.72. The van der Waals surface area contributed by atoms with Gasteiger partial charge in [0.15, 0.2) is 0 Å². The molecule has 0 aliphatic heterocycles. The average molecular weight is 336 g/mol. The Morgan fingerprint density at radius 3 is 2.78 bits per heavy atom. The lowest BCUT2D eigenvalue weighted by molar-refractivity contribution is -0.122. The highest BCUT2D eigenvalue weighted by molar-refractivity contribution is 9.10. The third kappa shape index (κ3) is 3.86. The maximum atomic E-state index is 11.5. The van der Waals surface area contributed by atoms with E-state index in [1.807, 2.05) is 0 Å². The van der Waals surface area contributed by atoms with Crippen LogP contribution >= 0.6 is 27.5 Å². The lowest BCUT2D eigenvalue weighted by Gasteiger charge is -2.28. The molecule has 0 saturated heterocycles. The molecule has 0 radical (unpaired) electrons. The summed E-state index contributed by atoms with van der Waals surface area (Å²) < 4.78 is 5.75. The van der Waals surface area contributed by atoms with E-state index in [-0.39, 0.29) is 0 Å². The van der Waals surface area contributed by atoms with E-state index in [1.54, 1.807) is 32.2 Å². The molecule has 0 aromatic heterocycles. The van der Waals surface area contributed by atoms with E-state index >= 15 is 0 Å². The minimum absolute atomic E-state index is 0.425. The van der Waals surface area contributed by atoms with Gasteiger partial charge in [-0.1, -0.05) is 11.6 Å². The normalized spacial score (nSPS) is 14.0. The molecule has 1 aromatic rings. The SMILES string of the molecule is COCCC(C)(Nc1ccc(Cl)c(Br)c1)C(N)=O. The van der Waals surface area contributed by atoms with Gasteiger partial charge in [-0.2, -0.15) is 0 Å². The number of halogens is 2. The van der Waals surface area contributed by atoms with Gasteiger partial charge in [0.05, 0.1) is 5.02 Å². The molecule has 0 bridgehead atoms. The fraction of sp³-hybridized carbons (Fsp3) is 0.417. The van der Waals surface area contributed by atoms with Gasteiger partial charge in [0.2, 0.25) is 5.91 Å². The topological polar surface area (TPSA) is 64.3 Å². The second-order valence-electron chi connectivity index (χ2n) is 4.19. The molecule has 1 rings (SSSR count). The number of carbonyl (C=O) groups excluding carboxylic acids is 1. The lowest BCUT2D eigenvalue weighted by Crippen LogP contribution is -2.48. The van der Waals surface area contributed by atoms with Gasteiger partial charge in [-0.3, -0.25) is 4.79 Å². The second kappa shape index (κ2) is 6.41. The molecule has 18 heavy (non-hydrogen) atoms. The lowest BCUT2D eigenvalue weighted by atomic mass is 9.97. The quantitative estimate of drug-likeness (QED) is 0.840. The van der Waals surface area contributed by atoms with E-state index in [0.717, 1.165) is 10.2 Å². The summed E-state index contributed by atoms with van der Waals surface area (Å²) in [6.07, 6.45) is 0.485. The molecular formula is C12H16BrClN2O2. The molecule has 0 aliphatic rings. The van der Waals surface area contributed by atoms with Crippen LogP contribution in [0.15, 0.2) is 22.7 Å². The molecule has 1 atom stereocenters.